The molecular weight excluding hydrogens is 322 g/mol. The molecule has 26 heavy (non-hydrogen) atoms. The molecule has 0 aromatic heterocycles. The maximum Gasteiger partial charge on any atom is 0.324 e. The fourth-order valence-corrected chi connectivity index (χ4v) is 4.34. The molecular formula is C23H27NO2. The summed E-state index contributed by atoms with van der Waals surface area (Å²) in [5, 5.41) is 0. The Hall–Kier alpha value is -2.13. The molecule has 1 saturated heterocycles. The first-order valence-electron chi connectivity index (χ1n) is 9.75. The lowest BCUT2D eigenvalue weighted by atomic mass is 9.94. The van der Waals surface area contributed by atoms with Crippen molar-refractivity contribution in [2.45, 2.75) is 44.9 Å². The Morgan fingerprint density at radius 1 is 1.04 bits per heavy atom. The standard InChI is InChI=1S/C23H27NO2/c1-17(19-10-6-3-7-11-19)24-15-14-21(20-12-13-20)22(24)23(25)26-16-18-8-4-2-5-9-18/h2-11,17,20-22H,12-16H2,1H3/t17-,21+,22-/m0/s1. The van der Waals surface area contributed by atoms with Crippen molar-refractivity contribution in [2.75, 3.05) is 6.54 Å². The van der Waals surface area contributed by atoms with Crippen LogP contribution in [0.5, 0.6) is 0 Å². The van der Waals surface area contributed by atoms with E-state index in [1.165, 1.54) is 18.4 Å². The number of esters is 1. The van der Waals surface area contributed by atoms with E-state index in [-0.39, 0.29) is 18.1 Å². The van der Waals surface area contributed by atoms with Crippen molar-refractivity contribution in [1.82, 2.24) is 4.90 Å². The van der Waals surface area contributed by atoms with Crippen LogP contribution in [0.25, 0.3) is 0 Å². The molecule has 0 bridgehead atoms. The Morgan fingerprint density at radius 3 is 2.35 bits per heavy atom. The Morgan fingerprint density at radius 2 is 1.69 bits per heavy atom. The van der Waals surface area contributed by atoms with Crippen LogP contribution >= 0.6 is 0 Å². The molecule has 0 N–H and O–H groups in total. The zero-order valence-electron chi connectivity index (χ0n) is 15.4. The molecule has 0 spiro atoms. The number of ether oxygens (including phenoxy) is 1. The molecule has 1 heterocycles. The zero-order chi connectivity index (χ0) is 17.9. The van der Waals surface area contributed by atoms with Gasteiger partial charge in [0.2, 0.25) is 0 Å². The number of carbonyl (C=O) groups excluding carboxylic acids is 1. The molecule has 1 saturated carbocycles. The van der Waals surface area contributed by atoms with Crippen LogP contribution in [0, 0.1) is 11.8 Å². The second-order valence-electron chi connectivity index (χ2n) is 7.65. The number of hydrogen-bond donors (Lipinski definition) is 0. The number of nitrogens with zero attached hydrogens (tertiary/aromatic N) is 1. The van der Waals surface area contributed by atoms with Gasteiger partial charge in [0.1, 0.15) is 12.6 Å². The molecule has 2 aromatic carbocycles. The van der Waals surface area contributed by atoms with Gasteiger partial charge in [0.25, 0.3) is 0 Å². The van der Waals surface area contributed by atoms with E-state index in [1.807, 2.05) is 36.4 Å². The highest BCUT2D eigenvalue weighted by Crippen LogP contribution is 2.46. The first kappa shape index (κ1) is 17.3. The van der Waals surface area contributed by atoms with Crippen molar-refractivity contribution >= 4 is 5.97 Å². The van der Waals surface area contributed by atoms with E-state index >= 15 is 0 Å². The Labute approximate surface area is 156 Å². The van der Waals surface area contributed by atoms with E-state index < -0.39 is 0 Å². The normalized spacial score (nSPS) is 24.3. The fraction of sp³-hybridized carbons (Fsp3) is 0.435. The van der Waals surface area contributed by atoms with E-state index in [2.05, 4.69) is 36.1 Å². The monoisotopic (exact) mass is 349 g/mol. The number of benzene rings is 2. The van der Waals surface area contributed by atoms with Crippen LogP contribution in [0.4, 0.5) is 0 Å². The highest BCUT2D eigenvalue weighted by Gasteiger charge is 2.48. The van der Waals surface area contributed by atoms with Gasteiger partial charge in [0.15, 0.2) is 0 Å². The van der Waals surface area contributed by atoms with Gasteiger partial charge in [0.05, 0.1) is 0 Å². The lowest BCUT2D eigenvalue weighted by Crippen LogP contribution is -2.42. The van der Waals surface area contributed by atoms with Crippen LogP contribution in [-0.4, -0.2) is 23.5 Å². The van der Waals surface area contributed by atoms with Crippen LogP contribution in [0.3, 0.4) is 0 Å². The van der Waals surface area contributed by atoms with Gasteiger partial charge in [-0.15, -0.1) is 0 Å². The summed E-state index contributed by atoms with van der Waals surface area (Å²) in [4.78, 5) is 15.4. The molecule has 3 atom stereocenters. The van der Waals surface area contributed by atoms with E-state index in [9.17, 15) is 4.79 Å². The summed E-state index contributed by atoms with van der Waals surface area (Å²) < 4.78 is 5.76. The molecule has 0 amide bonds. The fourth-order valence-electron chi connectivity index (χ4n) is 4.34. The summed E-state index contributed by atoms with van der Waals surface area (Å²) >= 11 is 0. The quantitative estimate of drug-likeness (QED) is 0.714. The Kier molecular flexibility index (Phi) is 5.07. The van der Waals surface area contributed by atoms with Crippen LogP contribution < -0.4 is 0 Å². The van der Waals surface area contributed by atoms with Crippen LogP contribution in [0.15, 0.2) is 60.7 Å². The smallest absolute Gasteiger partial charge is 0.324 e. The van der Waals surface area contributed by atoms with Crippen LogP contribution in [0.1, 0.15) is 43.4 Å². The lowest BCUT2D eigenvalue weighted by Gasteiger charge is -2.32. The average molecular weight is 349 g/mol. The van der Waals surface area contributed by atoms with E-state index in [1.54, 1.807) is 0 Å². The van der Waals surface area contributed by atoms with Crippen molar-refractivity contribution in [2.24, 2.45) is 11.8 Å². The summed E-state index contributed by atoms with van der Waals surface area (Å²) in [6, 6.07) is 20.6. The summed E-state index contributed by atoms with van der Waals surface area (Å²) in [5.41, 5.74) is 2.31. The molecule has 0 unspecified atom stereocenters. The lowest BCUT2D eigenvalue weighted by molar-refractivity contribution is -0.152. The molecule has 1 aliphatic heterocycles. The van der Waals surface area contributed by atoms with Crippen molar-refractivity contribution in [1.29, 1.82) is 0 Å². The van der Waals surface area contributed by atoms with Crippen molar-refractivity contribution in [3.63, 3.8) is 0 Å². The Bertz CT molecular complexity index is 726. The average Bonchev–Trinajstić information content (AvgIpc) is 3.45. The minimum absolute atomic E-state index is 0.0500. The third kappa shape index (κ3) is 3.68. The van der Waals surface area contributed by atoms with E-state index in [0.717, 1.165) is 18.5 Å². The van der Waals surface area contributed by atoms with Gasteiger partial charge in [-0.2, -0.15) is 0 Å². The maximum atomic E-state index is 13.0. The number of carbonyl (C=O) groups is 1. The van der Waals surface area contributed by atoms with Crippen molar-refractivity contribution in [3.05, 3.63) is 71.8 Å². The first-order chi connectivity index (χ1) is 12.7. The third-order valence-electron chi connectivity index (χ3n) is 5.96. The molecule has 136 valence electrons. The predicted molar refractivity (Wildman–Crippen MR) is 102 cm³/mol. The molecule has 2 aliphatic rings. The molecule has 1 aliphatic carbocycles. The number of likely N-dealkylation sites (tertiary alicyclic amines) is 1. The SMILES string of the molecule is C[C@@H](c1ccccc1)N1CC[C@H](C2CC2)[C@H]1C(=O)OCc1ccccc1. The van der Waals surface area contributed by atoms with Crippen molar-refractivity contribution < 1.29 is 9.53 Å². The molecule has 3 nitrogen and oxygen atoms in total. The largest absolute Gasteiger partial charge is 0.460 e. The summed E-state index contributed by atoms with van der Waals surface area (Å²) in [5.74, 6) is 1.10. The Balaban J connectivity index is 1.49. The minimum atomic E-state index is -0.110. The second-order valence-corrected chi connectivity index (χ2v) is 7.65. The highest BCUT2D eigenvalue weighted by molar-refractivity contribution is 5.77. The van der Waals surface area contributed by atoms with E-state index in [0.29, 0.717) is 18.4 Å². The van der Waals surface area contributed by atoms with Gasteiger partial charge in [-0.25, -0.2) is 0 Å². The molecule has 4 rings (SSSR count). The minimum Gasteiger partial charge on any atom is -0.460 e. The topological polar surface area (TPSA) is 29.5 Å². The van der Waals surface area contributed by atoms with Gasteiger partial charge < -0.3 is 4.74 Å². The molecule has 0 radical (unpaired) electrons. The number of rotatable bonds is 6. The van der Waals surface area contributed by atoms with Gasteiger partial charge in [-0.1, -0.05) is 60.7 Å². The first-order valence-corrected chi connectivity index (χ1v) is 9.75. The van der Waals surface area contributed by atoms with Gasteiger partial charge in [-0.3, -0.25) is 9.69 Å². The van der Waals surface area contributed by atoms with Gasteiger partial charge >= 0.3 is 5.97 Å². The number of hydrogen-bond acceptors (Lipinski definition) is 3. The van der Waals surface area contributed by atoms with Gasteiger partial charge in [-0.05, 0) is 55.7 Å². The summed E-state index contributed by atoms with van der Waals surface area (Å²) in [6.07, 6.45) is 3.63. The summed E-state index contributed by atoms with van der Waals surface area (Å²) in [6.45, 7) is 3.55. The maximum absolute atomic E-state index is 13.0. The van der Waals surface area contributed by atoms with Crippen LogP contribution in [-0.2, 0) is 16.1 Å². The van der Waals surface area contributed by atoms with Crippen LogP contribution in [0.2, 0.25) is 0 Å². The highest BCUT2D eigenvalue weighted by atomic mass is 16.5. The second kappa shape index (κ2) is 7.63. The summed E-state index contributed by atoms with van der Waals surface area (Å²) in [7, 11) is 0. The van der Waals surface area contributed by atoms with E-state index in [4.69, 9.17) is 4.74 Å². The molecule has 2 fully saturated rings. The van der Waals surface area contributed by atoms with Gasteiger partial charge in [0, 0.05) is 6.04 Å². The molecule has 2 aromatic rings. The molecule has 3 heteroatoms. The third-order valence-corrected chi connectivity index (χ3v) is 5.96. The van der Waals surface area contributed by atoms with Crippen molar-refractivity contribution in [3.8, 4) is 0 Å². The zero-order valence-corrected chi connectivity index (χ0v) is 15.4. The predicted octanol–water partition coefficient (Wildman–Crippen LogP) is 4.59.